The molecule has 0 aliphatic heterocycles. The van der Waals surface area contributed by atoms with E-state index in [1.54, 1.807) is 6.07 Å². The highest BCUT2D eigenvalue weighted by Crippen LogP contribution is 2.16. The maximum absolute atomic E-state index is 13.5. The summed E-state index contributed by atoms with van der Waals surface area (Å²) in [5.74, 6) is -3.71. The molecule has 5 heteroatoms. The van der Waals surface area contributed by atoms with Gasteiger partial charge in [0.15, 0.2) is 11.6 Å². The number of nitriles is 1. The lowest BCUT2D eigenvalue weighted by Gasteiger charge is -2.01. The largest absolute Gasteiger partial charge is 0.288 e. The first-order chi connectivity index (χ1) is 10.0. The fourth-order valence-corrected chi connectivity index (χ4v) is 1.71. The van der Waals surface area contributed by atoms with Gasteiger partial charge in [-0.2, -0.15) is 5.26 Å². The maximum Gasteiger partial charge on any atom is 0.206 e. The van der Waals surface area contributed by atoms with Crippen LogP contribution in [0.5, 0.6) is 0 Å². The van der Waals surface area contributed by atoms with Crippen LogP contribution in [0.15, 0.2) is 48.0 Å². The summed E-state index contributed by atoms with van der Waals surface area (Å²) in [6, 6.07) is 9.79. The molecule has 104 valence electrons. The first-order valence-electron chi connectivity index (χ1n) is 5.89. The van der Waals surface area contributed by atoms with E-state index in [9.17, 15) is 18.0 Å². The van der Waals surface area contributed by atoms with Gasteiger partial charge < -0.3 is 0 Å². The van der Waals surface area contributed by atoms with Gasteiger partial charge in [0.1, 0.15) is 17.5 Å². The molecular formula is C16H8F3NO. The predicted octanol–water partition coefficient (Wildman–Crippen LogP) is 3.89. The van der Waals surface area contributed by atoms with Crippen LogP contribution in [0, 0.1) is 28.8 Å². The topological polar surface area (TPSA) is 40.9 Å². The van der Waals surface area contributed by atoms with E-state index < -0.39 is 23.2 Å². The average Bonchev–Trinajstić information content (AvgIpc) is 2.48. The second kappa shape index (κ2) is 6.06. The molecule has 0 saturated carbocycles. The highest BCUT2D eigenvalue weighted by Gasteiger charge is 2.16. The molecule has 0 unspecified atom stereocenters. The second-order valence-electron chi connectivity index (χ2n) is 4.15. The van der Waals surface area contributed by atoms with Gasteiger partial charge in [0.05, 0.1) is 5.56 Å². The number of nitrogens with zero attached hydrogens (tertiary/aromatic N) is 1. The van der Waals surface area contributed by atoms with Crippen molar-refractivity contribution in [1.29, 1.82) is 5.26 Å². The van der Waals surface area contributed by atoms with E-state index in [1.807, 2.05) is 0 Å². The molecule has 0 heterocycles. The summed E-state index contributed by atoms with van der Waals surface area (Å²) in [6.45, 7) is 0. The van der Waals surface area contributed by atoms with E-state index in [0.717, 1.165) is 24.3 Å². The zero-order chi connectivity index (χ0) is 15.4. The molecule has 2 rings (SSSR count). The number of allylic oxidation sites excluding steroid dienone is 1. The number of rotatable bonds is 3. The van der Waals surface area contributed by atoms with Crippen molar-refractivity contribution in [1.82, 2.24) is 0 Å². The van der Waals surface area contributed by atoms with Gasteiger partial charge in [-0.05, 0) is 35.9 Å². The van der Waals surface area contributed by atoms with Crippen molar-refractivity contribution >= 4 is 11.9 Å². The maximum atomic E-state index is 13.5. The van der Waals surface area contributed by atoms with Crippen molar-refractivity contribution in [3.8, 4) is 6.07 Å². The molecule has 2 nitrogen and oxygen atoms in total. The van der Waals surface area contributed by atoms with Crippen LogP contribution in [-0.4, -0.2) is 5.78 Å². The Kier molecular flexibility index (Phi) is 4.19. The summed E-state index contributed by atoms with van der Waals surface area (Å²) in [5.41, 5.74) is -0.492. The lowest BCUT2D eigenvalue weighted by Crippen LogP contribution is -2.04. The van der Waals surface area contributed by atoms with Gasteiger partial charge in [-0.25, -0.2) is 13.2 Å². The molecule has 0 N–H and O–H groups in total. The number of hydrogen-bond acceptors (Lipinski definition) is 2. The van der Waals surface area contributed by atoms with Crippen LogP contribution in [0.3, 0.4) is 0 Å². The first kappa shape index (κ1) is 14.5. The Bertz CT molecular complexity index is 775. The van der Waals surface area contributed by atoms with Crippen molar-refractivity contribution in [2.24, 2.45) is 0 Å². The Hall–Kier alpha value is -2.87. The van der Waals surface area contributed by atoms with Crippen molar-refractivity contribution < 1.29 is 18.0 Å². The number of carbonyl (C=O) groups is 1. The number of carbonyl (C=O) groups excluding carboxylic acids is 1. The molecule has 21 heavy (non-hydrogen) atoms. The second-order valence-corrected chi connectivity index (χ2v) is 4.15. The Labute approximate surface area is 118 Å². The molecule has 2 aromatic carbocycles. The van der Waals surface area contributed by atoms with Crippen LogP contribution in [0.2, 0.25) is 0 Å². The fraction of sp³-hybridized carbons (Fsp3) is 0. The van der Waals surface area contributed by atoms with E-state index in [2.05, 4.69) is 0 Å². The molecule has 0 amide bonds. The normalized spacial score (nSPS) is 11.0. The standard InChI is InChI=1S/C16H8F3NO/c17-13-4-2-1-3-12(13)16(21)11(9-20)7-10-5-6-14(18)15(19)8-10/h1-8H/b11-7+. The van der Waals surface area contributed by atoms with Gasteiger partial charge in [-0.15, -0.1) is 0 Å². The molecule has 0 radical (unpaired) electrons. The van der Waals surface area contributed by atoms with Crippen molar-refractivity contribution in [2.75, 3.05) is 0 Å². The predicted molar refractivity (Wildman–Crippen MR) is 70.7 cm³/mol. The molecule has 0 bridgehead atoms. The van der Waals surface area contributed by atoms with Crippen LogP contribution < -0.4 is 0 Å². The Balaban J connectivity index is 2.42. The Morgan fingerprint density at radius 1 is 1.00 bits per heavy atom. The van der Waals surface area contributed by atoms with E-state index in [1.165, 1.54) is 24.3 Å². The lowest BCUT2D eigenvalue weighted by molar-refractivity contribution is 0.103. The quantitative estimate of drug-likeness (QED) is 0.488. The SMILES string of the molecule is N#C/C(=C\c1ccc(F)c(F)c1)C(=O)c1ccccc1F. The summed E-state index contributed by atoms with van der Waals surface area (Å²) in [5, 5.41) is 9.00. The molecule has 2 aromatic rings. The summed E-state index contributed by atoms with van der Waals surface area (Å²) in [4.78, 5) is 12.1. The zero-order valence-electron chi connectivity index (χ0n) is 10.6. The monoisotopic (exact) mass is 287 g/mol. The number of halogens is 3. The number of benzene rings is 2. The number of ketones is 1. The van der Waals surface area contributed by atoms with Gasteiger partial charge >= 0.3 is 0 Å². The van der Waals surface area contributed by atoms with Gasteiger partial charge in [0.25, 0.3) is 0 Å². The van der Waals surface area contributed by atoms with Crippen molar-refractivity contribution in [2.45, 2.75) is 0 Å². The molecule has 0 aromatic heterocycles. The van der Waals surface area contributed by atoms with Crippen LogP contribution in [0.25, 0.3) is 6.08 Å². The van der Waals surface area contributed by atoms with Gasteiger partial charge in [-0.3, -0.25) is 4.79 Å². The smallest absolute Gasteiger partial charge is 0.206 e. The highest BCUT2D eigenvalue weighted by molar-refractivity contribution is 6.14. The lowest BCUT2D eigenvalue weighted by atomic mass is 10.0. The molecule has 0 atom stereocenters. The summed E-state index contributed by atoms with van der Waals surface area (Å²) >= 11 is 0. The van der Waals surface area contributed by atoms with E-state index >= 15 is 0 Å². The van der Waals surface area contributed by atoms with E-state index in [-0.39, 0.29) is 16.7 Å². The molecule has 0 aliphatic rings. The molecular weight excluding hydrogens is 279 g/mol. The van der Waals surface area contributed by atoms with Gasteiger partial charge in [0.2, 0.25) is 5.78 Å². The van der Waals surface area contributed by atoms with Crippen LogP contribution in [0.1, 0.15) is 15.9 Å². The summed E-state index contributed by atoms with van der Waals surface area (Å²) in [7, 11) is 0. The third-order valence-corrected chi connectivity index (χ3v) is 2.74. The Morgan fingerprint density at radius 2 is 1.71 bits per heavy atom. The van der Waals surface area contributed by atoms with E-state index in [0.29, 0.717) is 0 Å². The summed E-state index contributed by atoms with van der Waals surface area (Å²) in [6.07, 6.45) is 1.08. The molecule has 0 aliphatic carbocycles. The molecule has 0 saturated heterocycles. The highest BCUT2D eigenvalue weighted by atomic mass is 19.2. The third kappa shape index (κ3) is 3.18. The average molecular weight is 287 g/mol. The molecule has 0 fully saturated rings. The van der Waals surface area contributed by atoms with E-state index in [4.69, 9.17) is 5.26 Å². The fourth-order valence-electron chi connectivity index (χ4n) is 1.71. The summed E-state index contributed by atoms with van der Waals surface area (Å²) < 4.78 is 39.4. The minimum absolute atomic E-state index is 0.134. The van der Waals surface area contributed by atoms with Crippen LogP contribution >= 0.6 is 0 Å². The van der Waals surface area contributed by atoms with Gasteiger partial charge in [0, 0.05) is 0 Å². The number of hydrogen-bond donors (Lipinski definition) is 0. The zero-order valence-corrected chi connectivity index (χ0v) is 10.6. The minimum Gasteiger partial charge on any atom is -0.288 e. The van der Waals surface area contributed by atoms with Crippen LogP contribution in [-0.2, 0) is 0 Å². The first-order valence-corrected chi connectivity index (χ1v) is 5.89. The van der Waals surface area contributed by atoms with Crippen molar-refractivity contribution in [3.05, 3.63) is 76.6 Å². The Morgan fingerprint density at radius 3 is 2.33 bits per heavy atom. The third-order valence-electron chi connectivity index (χ3n) is 2.74. The van der Waals surface area contributed by atoms with Crippen molar-refractivity contribution in [3.63, 3.8) is 0 Å². The molecule has 0 spiro atoms. The minimum atomic E-state index is -1.10. The van der Waals surface area contributed by atoms with Crippen LogP contribution in [0.4, 0.5) is 13.2 Å². The number of Topliss-reactive ketones (excluding diaryl/α,β-unsaturated/α-hetero) is 1. The van der Waals surface area contributed by atoms with Gasteiger partial charge in [-0.1, -0.05) is 18.2 Å².